The lowest BCUT2D eigenvalue weighted by atomic mass is 9.96. The molecule has 120 valence electrons. The number of halogens is 1. The molecule has 0 bridgehead atoms. The van der Waals surface area contributed by atoms with Crippen LogP contribution < -0.4 is 16.0 Å². The van der Waals surface area contributed by atoms with Gasteiger partial charge in [0.1, 0.15) is 5.75 Å². The summed E-state index contributed by atoms with van der Waals surface area (Å²) < 4.78 is 6.55. The number of nitrogens with one attached hydrogen (secondary N) is 1. The second kappa shape index (κ2) is 7.60. The first-order valence-corrected chi connectivity index (χ1v) is 7.97. The number of rotatable bonds is 4. The molecule has 1 saturated heterocycles. The summed E-state index contributed by atoms with van der Waals surface area (Å²) in [5.74, 6) is 5.47. The predicted octanol–water partition coefficient (Wildman–Crippen LogP) is 1.36. The molecule has 1 heterocycles. The second-order valence-corrected chi connectivity index (χ2v) is 6.22. The number of amides is 2. The molecule has 2 rings (SSSR count). The summed E-state index contributed by atoms with van der Waals surface area (Å²) in [5, 5.41) is 0. The van der Waals surface area contributed by atoms with Crippen molar-refractivity contribution in [3.63, 3.8) is 0 Å². The van der Waals surface area contributed by atoms with E-state index in [9.17, 15) is 9.59 Å². The van der Waals surface area contributed by atoms with Crippen molar-refractivity contribution in [3.05, 3.63) is 28.2 Å². The number of nitrogens with zero attached hydrogens (tertiary/aromatic N) is 1. The zero-order valence-electron chi connectivity index (χ0n) is 12.5. The lowest BCUT2D eigenvalue weighted by Crippen LogP contribution is -2.45. The maximum atomic E-state index is 12.1. The Bertz CT molecular complexity index is 557. The summed E-state index contributed by atoms with van der Waals surface area (Å²) in [4.78, 5) is 25.3. The van der Waals surface area contributed by atoms with Crippen molar-refractivity contribution in [3.8, 4) is 5.75 Å². The van der Waals surface area contributed by atoms with E-state index in [0.29, 0.717) is 31.7 Å². The average molecular weight is 370 g/mol. The van der Waals surface area contributed by atoms with Gasteiger partial charge in [0.05, 0.1) is 0 Å². The molecule has 1 aromatic rings. The van der Waals surface area contributed by atoms with Gasteiger partial charge in [-0.1, -0.05) is 15.9 Å². The summed E-state index contributed by atoms with van der Waals surface area (Å²) in [5.41, 5.74) is 3.22. The van der Waals surface area contributed by atoms with E-state index in [4.69, 9.17) is 10.6 Å². The van der Waals surface area contributed by atoms with Crippen LogP contribution in [0.4, 0.5) is 0 Å². The van der Waals surface area contributed by atoms with Gasteiger partial charge in [-0.25, -0.2) is 5.84 Å². The van der Waals surface area contributed by atoms with E-state index in [-0.39, 0.29) is 24.3 Å². The van der Waals surface area contributed by atoms with Crippen LogP contribution in [0.1, 0.15) is 18.4 Å². The zero-order valence-corrected chi connectivity index (χ0v) is 14.1. The Morgan fingerprint density at radius 3 is 2.68 bits per heavy atom. The molecule has 0 saturated carbocycles. The minimum atomic E-state index is -0.159. The number of hydrogen-bond acceptors (Lipinski definition) is 4. The highest BCUT2D eigenvalue weighted by molar-refractivity contribution is 9.10. The third-order valence-corrected chi connectivity index (χ3v) is 4.74. The van der Waals surface area contributed by atoms with Gasteiger partial charge in [-0.2, -0.15) is 0 Å². The molecule has 1 aromatic carbocycles. The van der Waals surface area contributed by atoms with Gasteiger partial charge in [0.2, 0.25) is 5.91 Å². The molecule has 0 aliphatic carbocycles. The lowest BCUT2D eigenvalue weighted by Gasteiger charge is -2.30. The molecule has 0 aromatic heterocycles. The van der Waals surface area contributed by atoms with Crippen LogP contribution in [0.3, 0.4) is 0 Å². The Hall–Kier alpha value is -1.60. The number of carbonyl (C=O) groups excluding carboxylic acids is 2. The quantitative estimate of drug-likeness (QED) is 0.476. The number of benzene rings is 1. The van der Waals surface area contributed by atoms with Crippen LogP contribution in [-0.2, 0) is 9.59 Å². The average Bonchev–Trinajstić information content (AvgIpc) is 2.55. The van der Waals surface area contributed by atoms with E-state index in [2.05, 4.69) is 21.4 Å². The molecule has 0 spiro atoms. The van der Waals surface area contributed by atoms with Crippen molar-refractivity contribution in [1.82, 2.24) is 10.3 Å². The fourth-order valence-corrected chi connectivity index (χ4v) is 2.70. The highest BCUT2D eigenvalue weighted by Crippen LogP contribution is 2.22. The number of carbonyl (C=O) groups is 2. The SMILES string of the molecule is Cc1cc(OCC(=O)N2CCC(C(=O)NN)CC2)ccc1Br. The molecule has 2 amide bonds. The Kier molecular flexibility index (Phi) is 5.79. The summed E-state index contributed by atoms with van der Waals surface area (Å²) in [7, 11) is 0. The number of nitrogens with two attached hydrogens (primary N) is 1. The van der Waals surface area contributed by atoms with Crippen LogP contribution in [0.25, 0.3) is 0 Å². The fraction of sp³-hybridized carbons (Fsp3) is 0.467. The van der Waals surface area contributed by atoms with Gasteiger partial charge in [-0.3, -0.25) is 15.0 Å². The van der Waals surface area contributed by atoms with Gasteiger partial charge >= 0.3 is 0 Å². The first-order chi connectivity index (χ1) is 10.5. The van der Waals surface area contributed by atoms with Gasteiger partial charge < -0.3 is 9.64 Å². The van der Waals surface area contributed by atoms with E-state index in [1.807, 2.05) is 25.1 Å². The predicted molar refractivity (Wildman–Crippen MR) is 86.0 cm³/mol. The Labute approximate surface area is 138 Å². The van der Waals surface area contributed by atoms with Gasteiger partial charge in [0, 0.05) is 23.5 Å². The molecule has 3 N–H and O–H groups in total. The van der Waals surface area contributed by atoms with Crippen molar-refractivity contribution < 1.29 is 14.3 Å². The van der Waals surface area contributed by atoms with Crippen LogP contribution in [0.2, 0.25) is 0 Å². The minimum absolute atomic E-state index is 0.00875. The number of likely N-dealkylation sites (tertiary alicyclic amines) is 1. The van der Waals surface area contributed by atoms with Gasteiger partial charge in [0.25, 0.3) is 5.91 Å². The molecule has 7 heteroatoms. The maximum Gasteiger partial charge on any atom is 0.260 e. The first kappa shape index (κ1) is 16.8. The highest BCUT2D eigenvalue weighted by atomic mass is 79.9. The first-order valence-electron chi connectivity index (χ1n) is 7.18. The summed E-state index contributed by atoms with van der Waals surface area (Å²) in [6, 6.07) is 5.60. The molecule has 0 atom stereocenters. The van der Waals surface area contributed by atoms with Gasteiger partial charge in [-0.05, 0) is 43.5 Å². The second-order valence-electron chi connectivity index (χ2n) is 5.36. The fourth-order valence-electron chi connectivity index (χ4n) is 2.45. The standard InChI is InChI=1S/C15H20BrN3O3/c1-10-8-12(2-3-13(10)16)22-9-14(20)19-6-4-11(5-7-19)15(21)18-17/h2-3,8,11H,4-7,9,17H2,1H3,(H,18,21). The smallest absolute Gasteiger partial charge is 0.260 e. The molecule has 0 radical (unpaired) electrons. The number of hydrogen-bond donors (Lipinski definition) is 2. The van der Waals surface area contributed by atoms with E-state index in [1.54, 1.807) is 4.90 Å². The maximum absolute atomic E-state index is 12.1. The zero-order chi connectivity index (χ0) is 16.1. The molecule has 1 aliphatic rings. The Morgan fingerprint density at radius 2 is 2.09 bits per heavy atom. The normalized spacial score (nSPS) is 15.5. The van der Waals surface area contributed by atoms with Crippen molar-refractivity contribution in [2.75, 3.05) is 19.7 Å². The van der Waals surface area contributed by atoms with Crippen molar-refractivity contribution in [1.29, 1.82) is 0 Å². The van der Waals surface area contributed by atoms with Crippen LogP contribution in [0, 0.1) is 12.8 Å². The van der Waals surface area contributed by atoms with Crippen LogP contribution in [0.15, 0.2) is 22.7 Å². The lowest BCUT2D eigenvalue weighted by molar-refractivity contribution is -0.137. The summed E-state index contributed by atoms with van der Waals surface area (Å²) >= 11 is 3.42. The molecule has 1 fully saturated rings. The van der Waals surface area contributed by atoms with Crippen molar-refractivity contribution >= 4 is 27.7 Å². The van der Waals surface area contributed by atoms with Crippen LogP contribution in [-0.4, -0.2) is 36.4 Å². The molecule has 1 aliphatic heterocycles. The molecule has 0 unspecified atom stereocenters. The van der Waals surface area contributed by atoms with E-state index in [0.717, 1.165) is 10.0 Å². The van der Waals surface area contributed by atoms with E-state index >= 15 is 0 Å². The van der Waals surface area contributed by atoms with E-state index < -0.39 is 0 Å². The van der Waals surface area contributed by atoms with E-state index in [1.165, 1.54) is 0 Å². The third kappa shape index (κ3) is 4.20. The Balaban J connectivity index is 1.81. The summed E-state index contributed by atoms with van der Waals surface area (Å²) in [6.45, 7) is 3.08. The number of ether oxygens (including phenoxy) is 1. The topological polar surface area (TPSA) is 84.7 Å². The number of hydrazine groups is 1. The molecule has 22 heavy (non-hydrogen) atoms. The third-order valence-electron chi connectivity index (χ3n) is 3.85. The van der Waals surface area contributed by atoms with Crippen LogP contribution >= 0.6 is 15.9 Å². The molecular weight excluding hydrogens is 350 g/mol. The van der Waals surface area contributed by atoms with Gasteiger partial charge in [-0.15, -0.1) is 0 Å². The Morgan fingerprint density at radius 1 is 1.41 bits per heavy atom. The van der Waals surface area contributed by atoms with Crippen LogP contribution in [0.5, 0.6) is 5.75 Å². The molecule has 6 nitrogen and oxygen atoms in total. The van der Waals surface area contributed by atoms with Gasteiger partial charge in [0.15, 0.2) is 6.61 Å². The molecular formula is C15H20BrN3O3. The number of aryl methyl sites for hydroxylation is 1. The monoisotopic (exact) mass is 369 g/mol. The van der Waals surface area contributed by atoms with Crippen molar-refractivity contribution in [2.45, 2.75) is 19.8 Å². The summed E-state index contributed by atoms with van der Waals surface area (Å²) in [6.07, 6.45) is 1.26. The largest absolute Gasteiger partial charge is 0.484 e. The van der Waals surface area contributed by atoms with Crippen molar-refractivity contribution in [2.24, 2.45) is 11.8 Å². The highest BCUT2D eigenvalue weighted by Gasteiger charge is 2.26. The minimum Gasteiger partial charge on any atom is -0.484 e. The number of piperidine rings is 1.